The average Bonchev–Trinajstić information content (AvgIpc) is 2.83. The molecule has 1 N–H and O–H groups in total. The van der Waals surface area contributed by atoms with Gasteiger partial charge in [-0.05, 0) is 60.2 Å². The van der Waals surface area contributed by atoms with Crippen molar-refractivity contribution < 1.29 is 14.7 Å². The van der Waals surface area contributed by atoms with Crippen molar-refractivity contribution in [3.63, 3.8) is 0 Å². The zero-order valence-corrected chi connectivity index (χ0v) is 13.8. The summed E-state index contributed by atoms with van der Waals surface area (Å²) >= 11 is 0.915. The van der Waals surface area contributed by atoms with Gasteiger partial charge in [0, 0.05) is 0 Å². The molecule has 2 aromatic rings. The van der Waals surface area contributed by atoms with E-state index in [-0.39, 0.29) is 16.9 Å². The molecule has 0 atom stereocenters. The molecule has 0 saturated carbocycles. The third-order valence-electron chi connectivity index (χ3n) is 3.45. The van der Waals surface area contributed by atoms with Crippen LogP contribution in [0.15, 0.2) is 71.2 Å². The number of aromatic hydroxyl groups is 1. The first kappa shape index (κ1) is 16.1. The maximum Gasteiger partial charge on any atom is 0.298 e. The van der Waals surface area contributed by atoms with Gasteiger partial charge < -0.3 is 5.11 Å². The third kappa shape index (κ3) is 3.41. The summed E-state index contributed by atoms with van der Waals surface area (Å²) in [5.74, 6) is -0.264. The number of phenolic OH excluding ortho intramolecular Hbond substituents is 1. The number of allylic oxidation sites excluding steroid dienone is 2. The molecule has 1 heterocycles. The Morgan fingerprint density at radius 2 is 1.71 bits per heavy atom. The van der Waals surface area contributed by atoms with Gasteiger partial charge in [-0.2, -0.15) is 0 Å². The largest absolute Gasteiger partial charge is 0.508 e. The molecule has 2 amide bonds. The van der Waals surface area contributed by atoms with Gasteiger partial charge in [0.1, 0.15) is 5.75 Å². The first-order valence-corrected chi connectivity index (χ1v) is 8.16. The molecule has 1 aliphatic heterocycles. The van der Waals surface area contributed by atoms with Crippen LogP contribution in [0.4, 0.5) is 10.5 Å². The molecule has 5 heteroatoms. The molecule has 0 spiro atoms. The third-order valence-corrected chi connectivity index (χ3v) is 4.32. The number of imide groups is 1. The maximum atomic E-state index is 12.5. The van der Waals surface area contributed by atoms with E-state index in [4.69, 9.17) is 0 Å². The molecule has 0 bridgehead atoms. The van der Waals surface area contributed by atoms with Crippen molar-refractivity contribution in [2.75, 3.05) is 4.90 Å². The summed E-state index contributed by atoms with van der Waals surface area (Å²) in [6.45, 7) is 1.89. The normalized spacial score (nSPS) is 17.0. The minimum atomic E-state index is -0.350. The quantitative estimate of drug-likeness (QED) is 0.833. The molecule has 3 rings (SSSR count). The fourth-order valence-corrected chi connectivity index (χ4v) is 3.24. The molecule has 0 radical (unpaired) electrons. The lowest BCUT2D eigenvalue weighted by atomic mass is 10.1. The fourth-order valence-electron chi connectivity index (χ4n) is 2.35. The Kier molecular flexibility index (Phi) is 4.53. The van der Waals surface area contributed by atoms with Gasteiger partial charge in [0.25, 0.3) is 11.1 Å². The van der Waals surface area contributed by atoms with Gasteiger partial charge in [0.2, 0.25) is 0 Å². The SMILES string of the molecule is CC(=C/c1ccccc1)/C=C1/SC(=O)N(c2ccc(O)cc2)C1=O. The predicted octanol–water partition coefficient (Wildman–Crippen LogP) is 4.58. The second kappa shape index (κ2) is 6.76. The first-order chi connectivity index (χ1) is 11.5. The molecule has 120 valence electrons. The first-order valence-electron chi connectivity index (χ1n) is 7.35. The molecule has 24 heavy (non-hydrogen) atoms. The summed E-state index contributed by atoms with van der Waals surface area (Å²) in [7, 11) is 0. The Hall–Kier alpha value is -2.79. The summed E-state index contributed by atoms with van der Waals surface area (Å²) in [5, 5.41) is 8.99. The minimum absolute atomic E-state index is 0.0860. The van der Waals surface area contributed by atoms with Gasteiger partial charge in [0.15, 0.2) is 0 Å². The van der Waals surface area contributed by atoms with Crippen molar-refractivity contribution in [3.8, 4) is 5.75 Å². The lowest BCUT2D eigenvalue weighted by molar-refractivity contribution is -0.113. The zero-order chi connectivity index (χ0) is 17.1. The lowest BCUT2D eigenvalue weighted by Gasteiger charge is -2.12. The molecule has 0 aliphatic carbocycles. The van der Waals surface area contributed by atoms with Crippen molar-refractivity contribution >= 4 is 34.7 Å². The van der Waals surface area contributed by atoms with E-state index in [9.17, 15) is 14.7 Å². The van der Waals surface area contributed by atoms with Crippen molar-refractivity contribution in [2.24, 2.45) is 0 Å². The van der Waals surface area contributed by atoms with Gasteiger partial charge in [-0.15, -0.1) is 0 Å². The van der Waals surface area contributed by atoms with Crippen LogP contribution >= 0.6 is 11.8 Å². The Bertz CT molecular complexity index is 839. The van der Waals surface area contributed by atoms with Crippen LogP contribution in [0.2, 0.25) is 0 Å². The van der Waals surface area contributed by atoms with Crippen LogP contribution in [0.3, 0.4) is 0 Å². The number of hydrogen-bond donors (Lipinski definition) is 1. The van der Waals surface area contributed by atoms with Gasteiger partial charge in [-0.1, -0.05) is 36.4 Å². The molecule has 1 saturated heterocycles. The number of rotatable bonds is 3. The molecule has 1 fully saturated rings. The van der Waals surface area contributed by atoms with E-state index in [1.54, 1.807) is 18.2 Å². The Morgan fingerprint density at radius 1 is 1.04 bits per heavy atom. The van der Waals surface area contributed by atoms with Crippen LogP contribution in [0, 0.1) is 0 Å². The van der Waals surface area contributed by atoms with E-state index in [0.29, 0.717) is 10.6 Å². The number of nitrogens with zero attached hydrogens (tertiary/aromatic N) is 1. The number of amides is 2. The maximum absolute atomic E-state index is 12.5. The van der Waals surface area contributed by atoms with E-state index >= 15 is 0 Å². The van der Waals surface area contributed by atoms with Crippen LogP contribution in [0.25, 0.3) is 6.08 Å². The highest BCUT2D eigenvalue weighted by Crippen LogP contribution is 2.35. The monoisotopic (exact) mass is 337 g/mol. The van der Waals surface area contributed by atoms with E-state index in [2.05, 4.69) is 0 Å². The number of thioether (sulfide) groups is 1. The topological polar surface area (TPSA) is 57.6 Å². The van der Waals surface area contributed by atoms with Crippen LogP contribution in [-0.2, 0) is 4.79 Å². The van der Waals surface area contributed by atoms with Crippen molar-refractivity contribution in [2.45, 2.75) is 6.92 Å². The summed E-state index contributed by atoms with van der Waals surface area (Å²) < 4.78 is 0. The lowest BCUT2D eigenvalue weighted by Crippen LogP contribution is -2.27. The van der Waals surface area contributed by atoms with E-state index in [1.807, 2.05) is 43.3 Å². The summed E-state index contributed by atoms with van der Waals surface area (Å²) in [4.78, 5) is 26.2. The highest BCUT2D eigenvalue weighted by atomic mass is 32.2. The second-order valence-electron chi connectivity index (χ2n) is 5.33. The average molecular weight is 337 g/mol. The Morgan fingerprint density at radius 3 is 2.38 bits per heavy atom. The summed E-state index contributed by atoms with van der Waals surface area (Å²) in [5.41, 5.74) is 2.37. The molecular weight excluding hydrogens is 322 g/mol. The van der Waals surface area contributed by atoms with Crippen LogP contribution in [-0.4, -0.2) is 16.3 Å². The number of carbonyl (C=O) groups is 2. The number of benzene rings is 2. The van der Waals surface area contributed by atoms with Gasteiger partial charge in [-0.25, -0.2) is 4.90 Å². The van der Waals surface area contributed by atoms with Crippen molar-refractivity contribution in [1.82, 2.24) is 0 Å². The minimum Gasteiger partial charge on any atom is -0.508 e. The highest BCUT2D eigenvalue weighted by molar-refractivity contribution is 8.18. The number of carbonyl (C=O) groups excluding carboxylic acids is 2. The smallest absolute Gasteiger partial charge is 0.298 e. The second-order valence-corrected chi connectivity index (χ2v) is 6.33. The zero-order valence-electron chi connectivity index (χ0n) is 13.0. The van der Waals surface area contributed by atoms with Crippen molar-refractivity contribution in [3.05, 3.63) is 76.7 Å². The standard InChI is InChI=1S/C19H15NO3S/c1-13(11-14-5-3-2-4-6-14)12-17-18(22)20(19(23)24-17)15-7-9-16(21)10-8-15/h2-12,21H,1H3/b13-11-,17-12+. The van der Waals surface area contributed by atoms with E-state index < -0.39 is 0 Å². The molecule has 0 unspecified atom stereocenters. The van der Waals surface area contributed by atoms with Gasteiger partial charge in [-0.3, -0.25) is 9.59 Å². The number of phenols is 1. The van der Waals surface area contributed by atoms with Gasteiger partial charge >= 0.3 is 0 Å². The number of hydrogen-bond acceptors (Lipinski definition) is 4. The molecule has 1 aliphatic rings. The van der Waals surface area contributed by atoms with E-state index in [0.717, 1.165) is 27.8 Å². The Balaban J connectivity index is 1.85. The molecule has 2 aromatic carbocycles. The highest BCUT2D eigenvalue weighted by Gasteiger charge is 2.36. The van der Waals surface area contributed by atoms with Crippen LogP contribution in [0.1, 0.15) is 12.5 Å². The molecule has 4 nitrogen and oxygen atoms in total. The van der Waals surface area contributed by atoms with Crippen LogP contribution in [0.5, 0.6) is 5.75 Å². The summed E-state index contributed by atoms with van der Waals surface area (Å²) in [6, 6.07) is 15.7. The molecule has 0 aromatic heterocycles. The van der Waals surface area contributed by atoms with E-state index in [1.165, 1.54) is 12.1 Å². The van der Waals surface area contributed by atoms with Crippen molar-refractivity contribution in [1.29, 1.82) is 0 Å². The Labute approximate surface area is 144 Å². The van der Waals surface area contributed by atoms with Gasteiger partial charge in [0.05, 0.1) is 10.6 Å². The number of anilines is 1. The predicted molar refractivity (Wildman–Crippen MR) is 96.8 cm³/mol. The summed E-state index contributed by atoms with van der Waals surface area (Å²) in [6.07, 6.45) is 3.67. The van der Waals surface area contributed by atoms with Crippen LogP contribution < -0.4 is 4.90 Å². The fraction of sp³-hybridized carbons (Fsp3) is 0.0526. The molecular formula is C19H15NO3S.